The molecule has 2 aromatic carbocycles. The summed E-state index contributed by atoms with van der Waals surface area (Å²) in [4.78, 5) is 0. The Morgan fingerprint density at radius 3 is 2.50 bits per heavy atom. The zero-order chi connectivity index (χ0) is 13.2. The molecule has 0 aliphatic carbocycles. The van der Waals surface area contributed by atoms with Crippen LogP contribution in [0.2, 0.25) is 0 Å². The second-order valence-electron chi connectivity index (χ2n) is 4.89. The molecule has 0 aromatic heterocycles. The fourth-order valence-electron chi connectivity index (χ4n) is 2.10. The summed E-state index contributed by atoms with van der Waals surface area (Å²) in [5, 5.41) is 10.5. The van der Waals surface area contributed by atoms with E-state index in [1.54, 1.807) is 19.1 Å². The van der Waals surface area contributed by atoms with Gasteiger partial charge in [0.25, 0.3) is 0 Å². The maximum atomic E-state index is 13.2. The number of aryl methyl sites for hydroxylation is 1. The summed E-state index contributed by atoms with van der Waals surface area (Å²) in [6.07, 6.45) is 0.475. The van der Waals surface area contributed by atoms with E-state index in [9.17, 15) is 9.50 Å². The summed E-state index contributed by atoms with van der Waals surface area (Å²) in [5.74, 6) is -0.322. The summed E-state index contributed by atoms with van der Waals surface area (Å²) in [7, 11) is 0. The Bertz CT molecular complexity index is 546. The van der Waals surface area contributed by atoms with Crippen LogP contribution in [-0.2, 0) is 12.0 Å². The molecule has 1 unspecified atom stereocenters. The van der Waals surface area contributed by atoms with Gasteiger partial charge in [0.2, 0.25) is 0 Å². The van der Waals surface area contributed by atoms with Crippen LogP contribution in [0.25, 0.3) is 0 Å². The van der Waals surface area contributed by atoms with E-state index in [-0.39, 0.29) is 5.82 Å². The van der Waals surface area contributed by atoms with Crippen molar-refractivity contribution in [2.24, 2.45) is 0 Å². The van der Waals surface area contributed by atoms with Crippen LogP contribution in [0.5, 0.6) is 0 Å². The summed E-state index contributed by atoms with van der Waals surface area (Å²) < 4.78 is 13.2. The van der Waals surface area contributed by atoms with Gasteiger partial charge in [-0.15, -0.1) is 0 Å². The molecule has 2 rings (SSSR count). The number of rotatable bonds is 3. The molecular formula is C16H17FO. The van der Waals surface area contributed by atoms with E-state index < -0.39 is 5.60 Å². The van der Waals surface area contributed by atoms with Gasteiger partial charge >= 0.3 is 0 Å². The highest BCUT2D eigenvalue weighted by atomic mass is 19.1. The second-order valence-corrected chi connectivity index (χ2v) is 4.89. The average molecular weight is 244 g/mol. The molecule has 1 N–H and O–H groups in total. The Morgan fingerprint density at radius 1 is 1.11 bits per heavy atom. The van der Waals surface area contributed by atoms with Crippen LogP contribution >= 0.6 is 0 Å². The minimum absolute atomic E-state index is 0.322. The molecule has 1 nitrogen and oxygen atoms in total. The van der Waals surface area contributed by atoms with Crippen molar-refractivity contribution in [3.63, 3.8) is 0 Å². The van der Waals surface area contributed by atoms with Gasteiger partial charge in [0.15, 0.2) is 0 Å². The highest BCUT2D eigenvalue weighted by Gasteiger charge is 2.24. The third-order valence-electron chi connectivity index (χ3n) is 3.24. The molecule has 94 valence electrons. The first-order valence-electron chi connectivity index (χ1n) is 6.02. The minimum atomic E-state index is -1.06. The van der Waals surface area contributed by atoms with E-state index in [0.29, 0.717) is 12.0 Å². The lowest BCUT2D eigenvalue weighted by atomic mass is 9.87. The van der Waals surface area contributed by atoms with Crippen LogP contribution in [-0.4, -0.2) is 5.11 Å². The number of aliphatic hydroxyl groups is 1. The van der Waals surface area contributed by atoms with Gasteiger partial charge in [-0.05, 0) is 42.7 Å². The molecule has 0 aliphatic heterocycles. The van der Waals surface area contributed by atoms with Crippen molar-refractivity contribution < 1.29 is 9.50 Å². The lowest BCUT2D eigenvalue weighted by Gasteiger charge is -2.25. The highest BCUT2D eigenvalue weighted by Crippen LogP contribution is 2.26. The van der Waals surface area contributed by atoms with Gasteiger partial charge in [-0.25, -0.2) is 4.39 Å². The van der Waals surface area contributed by atoms with Crippen LogP contribution in [0.4, 0.5) is 4.39 Å². The highest BCUT2D eigenvalue weighted by molar-refractivity contribution is 5.31. The number of halogens is 1. The van der Waals surface area contributed by atoms with Crippen molar-refractivity contribution >= 4 is 0 Å². The quantitative estimate of drug-likeness (QED) is 0.875. The maximum absolute atomic E-state index is 13.2. The molecule has 18 heavy (non-hydrogen) atoms. The third kappa shape index (κ3) is 2.77. The molecular weight excluding hydrogens is 227 g/mol. The Balaban J connectivity index is 2.30. The second kappa shape index (κ2) is 4.91. The lowest BCUT2D eigenvalue weighted by molar-refractivity contribution is 0.0571. The molecule has 0 saturated carbocycles. The number of benzene rings is 2. The van der Waals surface area contributed by atoms with Crippen molar-refractivity contribution in [3.8, 4) is 0 Å². The van der Waals surface area contributed by atoms with Gasteiger partial charge in [-0.2, -0.15) is 0 Å². The molecule has 2 heteroatoms. The first-order chi connectivity index (χ1) is 8.49. The fourth-order valence-corrected chi connectivity index (χ4v) is 2.10. The Morgan fingerprint density at radius 2 is 1.83 bits per heavy atom. The van der Waals surface area contributed by atoms with Gasteiger partial charge in [0, 0.05) is 6.42 Å². The zero-order valence-electron chi connectivity index (χ0n) is 10.7. The van der Waals surface area contributed by atoms with Gasteiger partial charge in [0.1, 0.15) is 5.82 Å². The smallest absolute Gasteiger partial charge is 0.123 e. The monoisotopic (exact) mass is 244 g/mol. The molecule has 0 fully saturated rings. The first-order valence-corrected chi connectivity index (χ1v) is 6.02. The lowest BCUT2D eigenvalue weighted by Crippen LogP contribution is -2.24. The van der Waals surface area contributed by atoms with E-state index >= 15 is 0 Å². The molecule has 1 atom stereocenters. The molecule has 0 aliphatic rings. The molecule has 0 saturated heterocycles. The van der Waals surface area contributed by atoms with Crippen LogP contribution < -0.4 is 0 Å². The first kappa shape index (κ1) is 12.8. The van der Waals surface area contributed by atoms with Gasteiger partial charge in [0.05, 0.1) is 5.60 Å². The maximum Gasteiger partial charge on any atom is 0.123 e. The van der Waals surface area contributed by atoms with Crippen LogP contribution in [0, 0.1) is 12.7 Å². The molecule has 0 spiro atoms. The van der Waals surface area contributed by atoms with Crippen molar-refractivity contribution in [3.05, 3.63) is 71.0 Å². The van der Waals surface area contributed by atoms with Gasteiger partial charge in [-0.3, -0.25) is 0 Å². The Kier molecular flexibility index (Phi) is 3.48. The zero-order valence-corrected chi connectivity index (χ0v) is 10.7. The van der Waals surface area contributed by atoms with E-state index in [1.807, 2.05) is 31.2 Å². The summed E-state index contributed by atoms with van der Waals surface area (Å²) in [6.45, 7) is 3.73. The summed E-state index contributed by atoms with van der Waals surface area (Å²) in [5.41, 5.74) is 1.75. The Hall–Kier alpha value is -1.67. The van der Waals surface area contributed by atoms with Crippen molar-refractivity contribution in [2.45, 2.75) is 25.9 Å². The van der Waals surface area contributed by atoms with E-state index in [4.69, 9.17) is 0 Å². The van der Waals surface area contributed by atoms with Crippen molar-refractivity contribution in [1.29, 1.82) is 0 Å². The minimum Gasteiger partial charge on any atom is -0.385 e. The van der Waals surface area contributed by atoms with Crippen LogP contribution in [0.15, 0.2) is 48.5 Å². The van der Waals surface area contributed by atoms with Crippen LogP contribution in [0.1, 0.15) is 23.6 Å². The van der Waals surface area contributed by atoms with Crippen LogP contribution in [0.3, 0.4) is 0 Å². The van der Waals surface area contributed by atoms with Crippen molar-refractivity contribution in [1.82, 2.24) is 0 Å². The molecule has 2 aromatic rings. The van der Waals surface area contributed by atoms with E-state index in [0.717, 1.165) is 11.1 Å². The number of hydrogen-bond acceptors (Lipinski definition) is 1. The van der Waals surface area contributed by atoms with Crippen molar-refractivity contribution in [2.75, 3.05) is 0 Å². The van der Waals surface area contributed by atoms with E-state index in [1.165, 1.54) is 12.1 Å². The summed E-state index contributed by atoms with van der Waals surface area (Å²) >= 11 is 0. The SMILES string of the molecule is Cc1ccccc1CC(C)(O)c1cccc(F)c1. The third-order valence-corrected chi connectivity index (χ3v) is 3.24. The average Bonchev–Trinajstić information content (AvgIpc) is 2.32. The molecule has 0 bridgehead atoms. The predicted molar refractivity (Wildman–Crippen MR) is 70.9 cm³/mol. The molecule has 0 radical (unpaired) electrons. The largest absolute Gasteiger partial charge is 0.385 e. The fraction of sp³-hybridized carbons (Fsp3) is 0.250. The topological polar surface area (TPSA) is 20.2 Å². The number of hydrogen-bond donors (Lipinski definition) is 1. The van der Waals surface area contributed by atoms with E-state index in [2.05, 4.69) is 0 Å². The molecule has 0 heterocycles. The normalized spacial score (nSPS) is 14.2. The standard InChI is InChI=1S/C16H17FO/c1-12-6-3-4-7-13(12)11-16(2,18)14-8-5-9-15(17)10-14/h3-10,18H,11H2,1-2H3. The summed E-state index contributed by atoms with van der Waals surface area (Å²) in [6, 6.07) is 14.1. The van der Waals surface area contributed by atoms with Gasteiger partial charge < -0.3 is 5.11 Å². The molecule has 0 amide bonds. The predicted octanol–water partition coefficient (Wildman–Crippen LogP) is 3.58. The Labute approximate surface area is 107 Å². The van der Waals surface area contributed by atoms with Gasteiger partial charge in [-0.1, -0.05) is 36.4 Å².